The third kappa shape index (κ3) is 3.13. The number of aryl methyl sites for hydroxylation is 2. The van der Waals surface area contributed by atoms with Crippen molar-refractivity contribution in [3.05, 3.63) is 65.2 Å². The van der Waals surface area contributed by atoms with Gasteiger partial charge in [-0.15, -0.1) is 0 Å². The molecule has 3 rings (SSSR count). The summed E-state index contributed by atoms with van der Waals surface area (Å²) in [6, 6.07) is 15.3. The van der Waals surface area contributed by atoms with Gasteiger partial charge in [0.05, 0.1) is 15.7 Å². The van der Waals surface area contributed by atoms with Crippen LogP contribution in [-0.2, 0) is 14.6 Å². The predicted molar refractivity (Wildman–Crippen MR) is 95.9 cm³/mol. The van der Waals surface area contributed by atoms with Crippen LogP contribution in [0, 0.1) is 13.8 Å². The van der Waals surface area contributed by atoms with Crippen molar-refractivity contribution in [2.75, 3.05) is 6.61 Å². The zero-order chi connectivity index (χ0) is 17.4. The lowest BCUT2D eigenvalue weighted by Crippen LogP contribution is -2.42. The van der Waals surface area contributed by atoms with E-state index in [-0.39, 0.29) is 6.10 Å². The van der Waals surface area contributed by atoms with Crippen LogP contribution >= 0.6 is 0 Å². The Morgan fingerprint density at radius 3 is 2.42 bits per heavy atom. The Morgan fingerprint density at radius 2 is 1.75 bits per heavy atom. The maximum atomic E-state index is 13.2. The van der Waals surface area contributed by atoms with Gasteiger partial charge in [-0.3, -0.25) is 0 Å². The molecule has 0 spiro atoms. The van der Waals surface area contributed by atoms with Crippen LogP contribution in [-0.4, -0.2) is 19.8 Å². The lowest BCUT2D eigenvalue weighted by molar-refractivity contribution is 0.000307. The van der Waals surface area contributed by atoms with E-state index in [9.17, 15) is 8.42 Å². The van der Waals surface area contributed by atoms with E-state index in [0.29, 0.717) is 24.3 Å². The van der Waals surface area contributed by atoms with Crippen molar-refractivity contribution in [3.8, 4) is 0 Å². The highest BCUT2D eigenvalue weighted by molar-refractivity contribution is 7.92. The number of ether oxygens (including phenoxy) is 1. The monoisotopic (exact) mass is 344 g/mol. The molecule has 2 aromatic rings. The maximum absolute atomic E-state index is 13.2. The van der Waals surface area contributed by atoms with Gasteiger partial charge >= 0.3 is 0 Å². The molecule has 1 aliphatic rings. The van der Waals surface area contributed by atoms with E-state index in [1.165, 1.54) is 5.56 Å². The number of sulfone groups is 1. The summed E-state index contributed by atoms with van der Waals surface area (Å²) < 4.78 is 31.6. The fourth-order valence-electron chi connectivity index (χ4n) is 3.28. The molecule has 128 valence electrons. The molecule has 1 heterocycles. The van der Waals surface area contributed by atoms with Crippen LogP contribution < -0.4 is 0 Å². The van der Waals surface area contributed by atoms with E-state index in [0.717, 1.165) is 11.1 Å². The topological polar surface area (TPSA) is 43.4 Å². The molecular weight excluding hydrogens is 320 g/mol. The van der Waals surface area contributed by atoms with Crippen molar-refractivity contribution < 1.29 is 13.2 Å². The summed E-state index contributed by atoms with van der Waals surface area (Å²) in [7, 11) is -3.41. The number of rotatable bonds is 3. The Hall–Kier alpha value is -1.65. The molecule has 0 amide bonds. The maximum Gasteiger partial charge on any atom is 0.184 e. The largest absolute Gasteiger partial charge is 0.373 e. The third-order valence-electron chi connectivity index (χ3n) is 4.96. The summed E-state index contributed by atoms with van der Waals surface area (Å²) in [5.41, 5.74) is 3.19. The quantitative estimate of drug-likeness (QED) is 0.829. The minimum Gasteiger partial charge on any atom is -0.373 e. The fourth-order valence-corrected chi connectivity index (χ4v) is 5.17. The molecule has 1 saturated heterocycles. The van der Waals surface area contributed by atoms with Crippen LogP contribution in [0.2, 0.25) is 0 Å². The Morgan fingerprint density at radius 1 is 1.04 bits per heavy atom. The Balaban J connectivity index is 1.93. The van der Waals surface area contributed by atoms with Gasteiger partial charge in [0, 0.05) is 6.61 Å². The van der Waals surface area contributed by atoms with Gasteiger partial charge in [0.1, 0.15) is 0 Å². The van der Waals surface area contributed by atoms with Crippen molar-refractivity contribution in [3.63, 3.8) is 0 Å². The second-order valence-corrected chi connectivity index (χ2v) is 9.46. The first-order valence-electron chi connectivity index (χ1n) is 8.31. The van der Waals surface area contributed by atoms with E-state index >= 15 is 0 Å². The zero-order valence-electron chi connectivity index (χ0n) is 14.5. The minimum atomic E-state index is -3.41. The van der Waals surface area contributed by atoms with Crippen molar-refractivity contribution in [2.45, 2.75) is 49.4 Å². The van der Waals surface area contributed by atoms with Gasteiger partial charge in [-0.1, -0.05) is 42.0 Å². The van der Waals surface area contributed by atoms with Crippen LogP contribution in [0.15, 0.2) is 53.4 Å². The van der Waals surface area contributed by atoms with Crippen molar-refractivity contribution in [2.24, 2.45) is 0 Å². The van der Waals surface area contributed by atoms with Crippen LogP contribution in [0.5, 0.6) is 0 Å². The highest BCUT2D eigenvalue weighted by Gasteiger charge is 2.45. The lowest BCUT2D eigenvalue weighted by atomic mass is 9.92. The molecular formula is C20H24O3S. The van der Waals surface area contributed by atoms with E-state index in [1.807, 2.05) is 57.2 Å². The molecule has 0 aliphatic carbocycles. The fraction of sp³-hybridized carbons (Fsp3) is 0.400. The Kier molecular flexibility index (Phi) is 4.54. The molecule has 0 N–H and O–H groups in total. The number of benzene rings is 2. The third-order valence-corrected chi connectivity index (χ3v) is 7.51. The van der Waals surface area contributed by atoms with E-state index < -0.39 is 14.6 Å². The van der Waals surface area contributed by atoms with Gasteiger partial charge in [0.2, 0.25) is 0 Å². The standard InChI is InChI=1S/C20H24O3S/c1-15-7-9-17(10-8-15)19-14-20(3,11-12-23-19)24(21,22)18-6-4-5-16(2)13-18/h4-10,13,19H,11-12,14H2,1-3H3/t19-,20+/m0/s1. The molecule has 1 fully saturated rings. The summed E-state index contributed by atoms with van der Waals surface area (Å²) in [5.74, 6) is 0. The van der Waals surface area contributed by atoms with Gasteiger partial charge in [0.25, 0.3) is 0 Å². The zero-order valence-corrected chi connectivity index (χ0v) is 15.3. The smallest absolute Gasteiger partial charge is 0.184 e. The van der Waals surface area contributed by atoms with Gasteiger partial charge in [-0.25, -0.2) is 8.42 Å². The van der Waals surface area contributed by atoms with Crippen molar-refractivity contribution in [1.29, 1.82) is 0 Å². The average molecular weight is 344 g/mol. The van der Waals surface area contributed by atoms with Crippen LogP contribution in [0.25, 0.3) is 0 Å². The highest BCUT2D eigenvalue weighted by atomic mass is 32.2. The van der Waals surface area contributed by atoms with Gasteiger partial charge in [-0.2, -0.15) is 0 Å². The second-order valence-electron chi connectivity index (χ2n) is 6.99. The molecule has 2 atom stereocenters. The molecule has 1 aliphatic heterocycles. The normalized spacial score (nSPS) is 24.7. The van der Waals surface area contributed by atoms with Crippen LogP contribution in [0.3, 0.4) is 0 Å². The van der Waals surface area contributed by atoms with Gasteiger partial charge in [-0.05, 0) is 56.9 Å². The Bertz CT molecular complexity index is 824. The van der Waals surface area contributed by atoms with Crippen molar-refractivity contribution >= 4 is 9.84 Å². The van der Waals surface area contributed by atoms with Crippen molar-refractivity contribution in [1.82, 2.24) is 0 Å². The van der Waals surface area contributed by atoms with Crippen LogP contribution in [0.4, 0.5) is 0 Å². The van der Waals surface area contributed by atoms with Gasteiger partial charge < -0.3 is 4.74 Å². The molecule has 24 heavy (non-hydrogen) atoms. The summed E-state index contributed by atoms with van der Waals surface area (Å²) in [6.45, 7) is 6.27. The molecule has 0 radical (unpaired) electrons. The summed E-state index contributed by atoms with van der Waals surface area (Å²) in [5, 5.41) is 0. The Labute approximate surface area is 144 Å². The van der Waals surface area contributed by atoms with E-state index in [1.54, 1.807) is 12.1 Å². The summed E-state index contributed by atoms with van der Waals surface area (Å²) in [4.78, 5) is 0.412. The lowest BCUT2D eigenvalue weighted by Gasteiger charge is -2.38. The molecule has 0 saturated carbocycles. The van der Waals surface area contributed by atoms with E-state index in [2.05, 4.69) is 0 Å². The second kappa shape index (κ2) is 6.34. The first kappa shape index (κ1) is 17.2. The predicted octanol–water partition coefficient (Wildman–Crippen LogP) is 4.39. The molecule has 0 bridgehead atoms. The summed E-state index contributed by atoms with van der Waals surface area (Å²) >= 11 is 0. The number of hydrogen-bond acceptors (Lipinski definition) is 3. The van der Waals surface area contributed by atoms with Gasteiger partial charge in [0.15, 0.2) is 9.84 Å². The molecule has 0 unspecified atom stereocenters. The highest BCUT2D eigenvalue weighted by Crippen LogP contribution is 2.41. The molecule has 0 aromatic heterocycles. The summed E-state index contributed by atoms with van der Waals surface area (Å²) in [6.07, 6.45) is 0.821. The SMILES string of the molecule is Cc1ccc([C@@H]2C[C@](C)(S(=O)(=O)c3cccc(C)c3)CCO2)cc1. The molecule has 3 nitrogen and oxygen atoms in total. The average Bonchev–Trinajstić information content (AvgIpc) is 2.55. The van der Waals surface area contributed by atoms with E-state index in [4.69, 9.17) is 4.74 Å². The van der Waals surface area contributed by atoms with Crippen LogP contribution in [0.1, 0.15) is 42.6 Å². The minimum absolute atomic E-state index is 0.177. The first-order chi connectivity index (χ1) is 11.3. The molecule has 2 aromatic carbocycles. The first-order valence-corrected chi connectivity index (χ1v) is 9.80. The molecule has 4 heteroatoms. The number of hydrogen-bond donors (Lipinski definition) is 0.